The van der Waals surface area contributed by atoms with Crippen molar-refractivity contribution in [2.45, 2.75) is 11.8 Å². The highest BCUT2D eigenvalue weighted by Gasteiger charge is 2.14. The van der Waals surface area contributed by atoms with E-state index in [0.717, 1.165) is 15.8 Å². The Labute approximate surface area is 125 Å². The second-order valence-electron chi connectivity index (χ2n) is 4.19. The third-order valence-electron chi connectivity index (χ3n) is 2.87. The van der Waals surface area contributed by atoms with Gasteiger partial charge in [-0.3, -0.25) is 0 Å². The fourth-order valence-corrected chi connectivity index (χ4v) is 2.56. The van der Waals surface area contributed by atoms with Gasteiger partial charge in [0.15, 0.2) is 0 Å². The van der Waals surface area contributed by atoms with Gasteiger partial charge in [-0.25, -0.2) is 4.39 Å². The fraction of sp³-hybridized carbons (Fsp3) is 0.200. The minimum atomic E-state index is -0.397. The van der Waals surface area contributed by atoms with Crippen LogP contribution in [-0.4, -0.2) is 7.11 Å². The minimum Gasteiger partial charge on any atom is -0.497 e. The molecule has 0 saturated carbocycles. The molecule has 0 N–H and O–H groups in total. The molecule has 0 fully saturated rings. The summed E-state index contributed by atoms with van der Waals surface area (Å²) in [5.41, 5.74) is 1.55. The van der Waals surface area contributed by atoms with Crippen LogP contribution in [0.5, 0.6) is 5.75 Å². The predicted molar refractivity (Wildman–Crippen MR) is 79.4 cm³/mol. The lowest BCUT2D eigenvalue weighted by molar-refractivity contribution is 0.414. The van der Waals surface area contributed by atoms with E-state index < -0.39 is 5.38 Å². The van der Waals surface area contributed by atoms with Crippen molar-refractivity contribution in [2.24, 2.45) is 0 Å². The summed E-state index contributed by atoms with van der Waals surface area (Å²) in [6.45, 7) is 0. The van der Waals surface area contributed by atoms with E-state index in [-0.39, 0.29) is 5.82 Å². The van der Waals surface area contributed by atoms with Gasteiger partial charge in [0.05, 0.1) is 12.5 Å². The Balaban J connectivity index is 2.15. The van der Waals surface area contributed by atoms with Gasteiger partial charge in [0.2, 0.25) is 0 Å². The van der Waals surface area contributed by atoms with Crippen LogP contribution in [0.1, 0.15) is 16.5 Å². The van der Waals surface area contributed by atoms with E-state index in [0.29, 0.717) is 12.0 Å². The Hall–Kier alpha value is -1.06. The molecule has 0 aromatic heterocycles. The number of methoxy groups -OCH3 is 1. The topological polar surface area (TPSA) is 9.23 Å². The van der Waals surface area contributed by atoms with E-state index >= 15 is 0 Å². The lowest BCUT2D eigenvalue weighted by Crippen LogP contribution is -1.99. The van der Waals surface area contributed by atoms with Crippen molar-refractivity contribution in [1.29, 1.82) is 0 Å². The number of hydrogen-bond donors (Lipinski definition) is 0. The van der Waals surface area contributed by atoms with E-state index in [4.69, 9.17) is 16.3 Å². The molecule has 0 aliphatic carbocycles. The van der Waals surface area contributed by atoms with Crippen LogP contribution in [0.2, 0.25) is 0 Å². The molecule has 4 heteroatoms. The third-order valence-corrected chi connectivity index (χ3v) is 3.75. The smallest absolute Gasteiger partial charge is 0.127 e. The Kier molecular flexibility index (Phi) is 4.83. The van der Waals surface area contributed by atoms with Gasteiger partial charge < -0.3 is 4.74 Å². The van der Waals surface area contributed by atoms with Crippen molar-refractivity contribution in [3.8, 4) is 5.75 Å². The normalized spacial score (nSPS) is 12.2. The minimum absolute atomic E-state index is 0.281. The van der Waals surface area contributed by atoms with E-state index in [9.17, 15) is 4.39 Å². The maximum Gasteiger partial charge on any atom is 0.127 e. The van der Waals surface area contributed by atoms with Crippen LogP contribution in [0.3, 0.4) is 0 Å². The zero-order valence-electron chi connectivity index (χ0n) is 10.4. The Bertz CT molecular complexity index is 557. The zero-order valence-corrected chi connectivity index (χ0v) is 12.7. The first-order valence-corrected chi connectivity index (χ1v) is 7.05. The van der Waals surface area contributed by atoms with Gasteiger partial charge >= 0.3 is 0 Å². The van der Waals surface area contributed by atoms with E-state index in [1.807, 2.05) is 24.3 Å². The van der Waals surface area contributed by atoms with Crippen LogP contribution in [-0.2, 0) is 6.42 Å². The van der Waals surface area contributed by atoms with Crippen molar-refractivity contribution in [3.63, 3.8) is 0 Å². The van der Waals surface area contributed by atoms with Gasteiger partial charge in [0, 0.05) is 10.0 Å². The maximum atomic E-state index is 13.7. The van der Waals surface area contributed by atoms with Crippen LogP contribution in [0.4, 0.5) is 4.39 Å². The Morgan fingerprint density at radius 2 is 1.89 bits per heavy atom. The van der Waals surface area contributed by atoms with Gasteiger partial charge in [0.1, 0.15) is 11.6 Å². The monoisotopic (exact) mass is 342 g/mol. The average molecular weight is 344 g/mol. The first kappa shape index (κ1) is 14.4. The first-order valence-electron chi connectivity index (χ1n) is 5.82. The molecule has 0 saturated heterocycles. The molecule has 100 valence electrons. The number of ether oxygens (including phenoxy) is 1. The predicted octanol–water partition coefficient (Wildman–Crippen LogP) is 5.12. The molecule has 0 aliphatic rings. The summed E-state index contributed by atoms with van der Waals surface area (Å²) in [6.07, 6.45) is 0.568. The lowest BCUT2D eigenvalue weighted by atomic mass is 10.0. The van der Waals surface area contributed by atoms with Crippen molar-refractivity contribution in [2.75, 3.05) is 7.11 Å². The highest BCUT2D eigenvalue weighted by Crippen LogP contribution is 2.29. The molecule has 0 radical (unpaired) electrons. The fourth-order valence-electron chi connectivity index (χ4n) is 1.83. The summed E-state index contributed by atoms with van der Waals surface area (Å²) in [5, 5.41) is -0.397. The molecule has 0 spiro atoms. The molecular weight excluding hydrogens is 331 g/mol. The van der Waals surface area contributed by atoms with Crippen LogP contribution in [0, 0.1) is 5.82 Å². The molecule has 2 rings (SSSR count). The lowest BCUT2D eigenvalue weighted by Gasteiger charge is -2.12. The van der Waals surface area contributed by atoms with Gasteiger partial charge in [0.25, 0.3) is 0 Å². The van der Waals surface area contributed by atoms with E-state index in [1.165, 1.54) is 6.07 Å². The maximum absolute atomic E-state index is 13.7. The summed E-state index contributed by atoms with van der Waals surface area (Å²) in [6, 6.07) is 12.4. The Morgan fingerprint density at radius 3 is 2.53 bits per heavy atom. The molecule has 0 bridgehead atoms. The van der Waals surface area contributed by atoms with Crippen molar-refractivity contribution in [3.05, 3.63) is 63.9 Å². The summed E-state index contributed by atoms with van der Waals surface area (Å²) in [4.78, 5) is 0. The molecule has 2 aromatic carbocycles. The van der Waals surface area contributed by atoms with Crippen LogP contribution in [0.15, 0.2) is 46.9 Å². The number of hydrogen-bond acceptors (Lipinski definition) is 1. The quantitative estimate of drug-likeness (QED) is 0.700. The third kappa shape index (κ3) is 3.71. The highest BCUT2D eigenvalue weighted by molar-refractivity contribution is 9.10. The summed E-state index contributed by atoms with van der Waals surface area (Å²) < 4.78 is 19.6. The molecule has 1 nitrogen and oxygen atoms in total. The first-order chi connectivity index (χ1) is 9.10. The molecule has 0 heterocycles. The molecule has 19 heavy (non-hydrogen) atoms. The standard InChI is InChI=1S/C15H13BrClFO/c1-19-12-5-2-10(3-6-12)8-14(17)13-9-11(16)4-7-15(13)18/h2-7,9,14H,8H2,1H3. The number of benzene rings is 2. The number of alkyl halides is 1. The SMILES string of the molecule is COc1ccc(CC(Cl)c2cc(Br)ccc2F)cc1. The average Bonchev–Trinajstić information content (AvgIpc) is 2.42. The van der Waals surface area contributed by atoms with Gasteiger partial charge in [-0.05, 0) is 42.3 Å². The zero-order chi connectivity index (χ0) is 13.8. The summed E-state index contributed by atoms with van der Waals surface area (Å²) in [7, 11) is 1.62. The second kappa shape index (κ2) is 6.40. The van der Waals surface area contributed by atoms with Crippen molar-refractivity contribution in [1.82, 2.24) is 0 Å². The summed E-state index contributed by atoms with van der Waals surface area (Å²) in [5.74, 6) is 0.514. The van der Waals surface area contributed by atoms with Crippen LogP contribution >= 0.6 is 27.5 Å². The Morgan fingerprint density at radius 1 is 1.21 bits per heavy atom. The van der Waals surface area contributed by atoms with E-state index in [2.05, 4.69) is 15.9 Å². The van der Waals surface area contributed by atoms with Gasteiger partial charge in [-0.15, -0.1) is 11.6 Å². The number of rotatable bonds is 4. The van der Waals surface area contributed by atoms with Crippen molar-refractivity contribution < 1.29 is 9.13 Å². The number of halogens is 3. The molecule has 1 atom stereocenters. The van der Waals surface area contributed by atoms with Crippen LogP contribution < -0.4 is 4.74 Å². The van der Waals surface area contributed by atoms with Gasteiger partial charge in [-0.2, -0.15) is 0 Å². The molecule has 0 amide bonds. The van der Waals surface area contributed by atoms with E-state index in [1.54, 1.807) is 19.2 Å². The second-order valence-corrected chi connectivity index (χ2v) is 5.63. The van der Waals surface area contributed by atoms with Crippen molar-refractivity contribution >= 4 is 27.5 Å². The van der Waals surface area contributed by atoms with Gasteiger partial charge in [-0.1, -0.05) is 28.1 Å². The molecule has 0 aliphatic heterocycles. The molecular formula is C15H13BrClFO. The van der Waals surface area contributed by atoms with Crippen LogP contribution in [0.25, 0.3) is 0 Å². The molecule has 2 aromatic rings. The highest BCUT2D eigenvalue weighted by atomic mass is 79.9. The molecule has 1 unspecified atom stereocenters. The largest absolute Gasteiger partial charge is 0.497 e. The summed E-state index contributed by atoms with van der Waals surface area (Å²) >= 11 is 9.63.